The van der Waals surface area contributed by atoms with Crippen molar-refractivity contribution in [1.82, 2.24) is 4.98 Å². The van der Waals surface area contributed by atoms with Crippen LogP contribution in [0, 0.1) is 5.41 Å². The fourth-order valence-electron chi connectivity index (χ4n) is 6.87. The van der Waals surface area contributed by atoms with Crippen LogP contribution in [0.25, 0.3) is 5.57 Å². The number of aliphatic hydroxyl groups is 1. The van der Waals surface area contributed by atoms with Gasteiger partial charge in [0, 0.05) is 33.8 Å². The Hall–Kier alpha value is -1.91. The highest BCUT2D eigenvalue weighted by molar-refractivity contribution is 8.29. The molecule has 9 heteroatoms. The molecule has 3 N–H and O–H groups in total. The van der Waals surface area contributed by atoms with Gasteiger partial charge in [-0.25, -0.2) is 0 Å². The Kier molecular flexibility index (Phi) is 9.15. The zero-order valence-corrected chi connectivity index (χ0v) is 28.1. The van der Waals surface area contributed by atoms with Gasteiger partial charge >= 0.3 is 6.18 Å². The summed E-state index contributed by atoms with van der Waals surface area (Å²) in [6.45, 7) is 11.5. The maximum absolute atomic E-state index is 13.8. The molecule has 1 saturated carbocycles. The smallest absolute Gasteiger partial charge is 0.384 e. The second kappa shape index (κ2) is 12.0. The van der Waals surface area contributed by atoms with Crippen LogP contribution in [0.1, 0.15) is 130 Å². The third kappa shape index (κ3) is 6.24. The molecule has 1 spiro atoms. The number of rotatable bonds is 7. The molecule has 5 nitrogen and oxygen atoms in total. The maximum Gasteiger partial charge on any atom is 0.416 e. The van der Waals surface area contributed by atoms with Crippen LogP contribution in [0.2, 0.25) is 0 Å². The molecule has 3 aliphatic rings. The number of nitrogens with zero attached hydrogens (tertiary/aromatic N) is 1. The number of nitrogens with two attached hydrogens (primary N) is 1. The van der Waals surface area contributed by atoms with Crippen molar-refractivity contribution in [3.05, 3.63) is 69.0 Å². The monoisotopic (exact) mass is 634 g/mol. The van der Waals surface area contributed by atoms with E-state index in [2.05, 4.69) is 53.2 Å². The fourth-order valence-corrected chi connectivity index (χ4v) is 7.91. The van der Waals surface area contributed by atoms with Gasteiger partial charge < -0.3 is 19.8 Å². The van der Waals surface area contributed by atoms with E-state index in [1.165, 1.54) is 18.6 Å². The van der Waals surface area contributed by atoms with Crippen LogP contribution in [-0.2, 0) is 28.1 Å². The Balaban J connectivity index is 1.77. The van der Waals surface area contributed by atoms with Crippen LogP contribution in [-0.4, -0.2) is 40.6 Å². The largest absolute Gasteiger partial charge is 0.416 e. The third-order valence-corrected chi connectivity index (χ3v) is 13.8. The fraction of sp³-hybridized carbons (Fsp3) is 0.629. The summed E-state index contributed by atoms with van der Waals surface area (Å²) in [7, 11) is -1.52. The number of ether oxygens (including phenoxy) is 1. The number of hydrogen-bond donors (Lipinski definition) is 2. The first-order valence-electron chi connectivity index (χ1n) is 15.8. The number of aromatic nitrogens is 1. The quantitative estimate of drug-likeness (QED) is 0.319. The summed E-state index contributed by atoms with van der Waals surface area (Å²) in [6, 6.07) is 3.82. The Morgan fingerprint density at radius 2 is 1.89 bits per heavy atom. The molecular weight excluding hydrogens is 585 g/mol. The van der Waals surface area contributed by atoms with E-state index in [0.717, 1.165) is 59.8 Å². The van der Waals surface area contributed by atoms with E-state index in [9.17, 15) is 18.3 Å². The van der Waals surface area contributed by atoms with Gasteiger partial charge in [-0.3, -0.25) is 4.98 Å². The molecule has 5 rings (SSSR count). The van der Waals surface area contributed by atoms with Gasteiger partial charge in [0.25, 0.3) is 0 Å². The first-order chi connectivity index (χ1) is 20.5. The summed E-state index contributed by atoms with van der Waals surface area (Å²) in [5.41, 5.74) is 11.1. The molecule has 2 aromatic rings. The van der Waals surface area contributed by atoms with Gasteiger partial charge in [0.15, 0.2) is 0 Å². The molecule has 2 heterocycles. The second-order valence-corrected chi connectivity index (χ2v) is 18.4. The molecule has 1 aliphatic heterocycles. The first kappa shape index (κ1) is 33.5. The molecule has 44 heavy (non-hydrogen) atoms. The van der Waals surface area contributed by atoms with Crippen molar-refractivity contribution in [3.8, 4) is 0 Å². The van der Waals surface area contributed by atoms with E-state index in [1.54, 1.807) is 0 Å². The van der Waals surface area contributed by atoms with Crippen LogP contribution in [0.5, 0.6) is 0 Å². The number of alkyl halides is 3. The number of halogens is 3. The topological polar surface area (TPSA) is 77.6 Å². The van der Waals surface area contributed by atoms with Crippen molar-refractivity contribution < 1.29 is 27.2 Å². The van der Waals surface area contributed by atoms with Gasteiger partial charge in [-0.15, -0.1) is 10.3 Å². The molecule has 0 amide bonds. The molecule has 1 aromatic carbocycles. The first-order valence-corrected chi connectivity index (χ1v) is 18.2. The average Bonchev–Trinajstić information content (AvgIpc) is 2.93. The minimum Gasteiger partial charge on any atom is -0.384 e. The van der Waals surface area contributed by atoms with Crippen LogP contribution in [0.15, 0.2) is 24.3 Å². The SMILES string of the molecule is CC(C)c1nc2c(c(C3=CCOCC3)c1[C@H](O)c1ccc(C(F)(F)F)c(CN)c1)C(OS(C)(C)C(C)(C)C)CC1(CCC1)C2. The molecule has 0 bridgehead atoms. The minimum absolute atomic E-state index is 0.0251. The number of fused-ring (bicyclic) bond motifs is 1. The molecule has 1 aromatic heterocycles. The van der Waals surface area contributed by atoms with Crippen molar-refractivity contribution >= 4 is 15.9 Å². The van der Waals surface area contributed by atoms with Gasteiger partial charge in [0.1, 0.15) is 6.10 Å². The highest BCUT2D eigenvalue weighted by Gasteiger charge is 2.48. The molecule has 1 fully saturated rings. The zero-order valence-electron chi connectivity index (χ0n) is 27.2. The summed E-state index contributed by atoms with van der Waals surface area (Å²) in [4.78, 5) is 5.34. The predicted octanol–water partition coefficient (Wildman–Crippen LogP) is 8.52. The van der Waals surface area contributed by atoms with Crippen molar-refractivity contribution in [1.29, 1.82) is 0 Å². The maximum atomic E-state index is 13.8. The molecule has 0 saturated heterocycles. The number of aliphatic hydroxyl groups excluding tert-OH is 1. The number of pyridine rings is 1. The molecule has 2 aliphatic carbocycles. The van der Waals surface area contributed by atoms with Crippen LogP contribution in [0.4, 0.5) is 13.2 Å². The normalized spacial score (nSPS) is 21.6. The van der Waals surface area contributed by atoms with E-state index < -0.39 is 28.2 Å². The summed E-state index contributed by atoms with van der Waals surface area (Å²) in [5, 5.41) is 12.2. The predicted molar refractivity (Wildman–Crippen MR) is 173 cm³/mol. The van der Waals surface area contributed by atoms with Gasteiger partial charge in [-0.1, -0.05) is 59.2 Å². The Morgan fingerprint density at radius 3 is 2.41 bits per heavy atom. The summed E-state index contributed by atoms with van der Waals surface area (Å²) in [5.74, 6) is -0.0251. The standard InChI is InChI=1S/C35H49F3N2O3S/c1-21(2)31-30(32(41)23-9-10-25(35(36,37)38)24(17-23)20-39)28(22-11-15-42-16-12-22)29-26(40-31)18-34(13-8-14-34)19-27(29)43-44(6,7)33(3,4)5/h9-11,17,21,27,32,41H,8,12-16,18-20,39H2,1-7H3/t27?,32-/m1/s1. The third-order valence-electron chi connectivity index (χ3n) is 10.2. The minimum atomic E-state index is -4.53. The van der Waals surface area contributed by atoms with Crippen molar-refractivity contribution in [3.63, 3.8) is 0 Å². The molecule has 2 atom stereocenters. The molecule has 244 valence electrons. The van der Waals surface area contributed by atoms with Crippen molar-refractivity contribution in [2.75, 3.05) is 25.7 Å². The summed E-state index contributed by atoms with van der Waals surface area (Å²) >= 11 is 0. The Labute approximate surface area is 262 Å². The van der Waals surface area contributed by atoms with E-state index in [1.807, 2.05) is 0 Å². The van der Waals surface area contributed by atoms with Crippen molar-refractivity contribution in [2.45, 2.75) is 109 Å². The van der Waals surface area contributed by atoms with E-state index in [0.29, 0.717) is 30.8 Å². The van der Waals surface area contributed by atoms with Crippen molar-refractivity contribution in [2.24, 2.45) is 11.1 Å². The Morgan fingerprint density at radius 1 is 1.18 bits per heavy atom. The lowest BCUT2D eigenvalue weighted by Gasteiger charge is -2.52. The van der Waals surface area contributed by atoms with E-state index in [-0.39, 0.29) is 34.3 Å². The van der Waals surface area contributed by atoms with Crippen LogP contribution in [0.3, 0.4) is 0 Å². The summed E-state index contributed by atoms with van der Waals surface area (Å²) < 4.78 is 54.2. The Bertz CT molecular complexity index is 1420. The number of hydrogen-bond acceptors (Lipinski definition) is 5. The summed E-state index contributed by atoms with van der Waals surface area (Å²) in [6.07, 6.45) is 6.57. The molecule has 1 unspecified atom stereocenters. The lowest BCUT2D eigenvalue weighted by Crippen LogP contribution is -2.40. The highest BCUT2D eigenvalue weighted by Crippen LogP contribution is 2.63. The molecule has 0 radical (unpaired) electrons. The number of benzene rings is 1. The second-order valence-electron chi connectivity index (χ2n) is 14.5. The lowest BCUT2D eigenvalue weighted by molar-refractivity contribution is -0.138. The van der Waals surface area contributed by atoms with E-state index in [4.69, 9.17) is 19.6 Å². The molecular formula is C35H49F3N2O3S. The average molecular weight is 635 g/mol. The van der Waals surface area contributed by atoms with Gasteiger partial charge in [0.2, 0.25) is 0 Å². The van der Waals surface area contributed by atoms with Gasteiger partial charge in [-0.2, -0.15) is 13.2 Å². The van der Waals surface area contributed by atoms with Gasteiger partial charge in [-0.05, 0) is 84.3 Å². The van der Waals surface area contributed by atoms with Crippen LogP contribution >= 0.6 is 10.3 Å². The highest BCUT2D eigenvalue weighted by atomic mass is 32.3. The van der Waals surface area contributed by atoms with Crippen LogP contribution < -0.4 is 5.73 Å². The van der Waals surface area contributed by atoms with Gasteiger partial charge in [0.05, 0.1) is 24.9 Å². The zero-order chi connectivity index (χ0) is 32.2. The van der Waals surface area contributed by atoms with E-state index >= 15 is 0 Å². The lowest BCUT2D eigenvalue weighted by atomic mass is 9.59.